The second-order valence-electron chi connectivity index (χ2n) is 4.67. The van der Waals surface area contributed by atoms with Crippen molar-refractivity contribution in [2.75, 3.05) is 5.32 Å². The Morgan fingerprint density at radius 3 is 2.90 bits per heavy atom. The van der Waals surface area contributed by atoms with Crippen LogP contribution in [0.25, 0.3) is 11.1 Å². The lowest BCUT2D eigenvalue weighted by Gasteiger charge is -2.14. The number of nitrogens with one attached hydrogen (secondary N) is 1. The van der Waals surface area contributed by atoms with Crippen molar-refractivity contribution in [2.24, 2.45) is 5.73 Å². The van der Waals surface area contributed by atoms with E-state index in [2.05, 4.69) is 15.3 Å². The third-order valence-corrected chi connectivity index (χ3v) is 3.42. The normalized spacial score (nSPS) is 13.1. The second-order valence-corrected chi connectivity index (χ2v) is 4.67. The van der Waals surface area contributed by atoms with Crippen LogP contribution < -0.4 is 11.1 Å². The van der Waals surface area contributed by atoms with E-state index in [1.165, 1.54) is 6.20 Å². The molecule has 20 heavy (non-hydrogen) atoms. The van der Waals surface area contributed by atoms with Gasteiger partial charge in [-0.1, -0.05) is 0 Å². The fourth-order valence-electron chi connectivity index (χ4n) is 2.57. The average Bonchev–Trinajstić information content (AvgIpc) is 2.88. The van der Waals surface area contributed by atoms with Crippen LogP contribution in [0.3, 0.4) is 0 Å². The van der Waals surface area contributed by atoms with Crippen molar-refractivity contribution < 1.29 is 9.18 Å². The number of halogens is 1. The highest BCUT2D eigenvalue weighted by atomic mass is 19.1. The fourth-order valence-corrected chi connectivity index (χ4v) is 2.57. The lowest BCUT2D eigenvalue weighted by molar-refractivity contribution is 0.259. The van der Waals surface area contributed by atoms with E-state index in [4.69, 9.17) is 5.73 Å². The molecule has 6 heteroatoms. The SMILES string of the molecule is NC(=O)Nc1c(-c2ccncc2F)cnc2c1CCC2. The summed E-state index contributed by atoms with van der Waals surface area (Å²) < 4.78 is 13.9. The molecule has 0 radical (unpaired) electrons. The number of carbonyl (C=O) groups excluding carboxylic acids is 1. The Balaban J connectivity index is 2.20. The van der Waals surface area contributed by atoms with Gasteiger partial charge in [0, 0.05) is 29.2 Å². The number of hydrogen-bond donors (Lipinski definition) is 2. The Kier molecular flexibility index (Phi) is 3.06. The van der Waals surface area contributed by atoms with Gasteiger partial charge in [-0.2, -0.15) is 0 Å². The molecular weight excluding hydrogens is 259 g/mol. The van der Waals surface area contributed by atoms with Crippen molar-refractivity contribution in [3.63, 3.8) is 0 Å². The van der Waals surface area contributed by atoms with Crippen molar-refractivity contribution in [1.29, 1.82) is 0 Å². The molecule has 0 aliphatic heterocycles. The topological polar surface area (TPSA) is 80.9 Å². The molecule has 0 fully saturated rings. The number of carbonyl (C=O) groups is 1. The molecule has 3 rings (SSSR count). The first-order chi connectivity index (χ1) is 9.66. The van der Waals surface area contributed by atoms with Crippen molar-refractivity contribution in [1.82, 2.24) is 9.97 Å². The number of urea groups is 1. The average molecular weight is 272 g/mol. The quantitative estimate of drug-likeness (QED) is 0.879. The van der Waals surface area contributed by atoms with E-state index in [0.29, 0.717) is 16.8 Å². The summed E-state index contributed by atoms with van der Waals surface area (Å²) in [5.74, 6) is -0.459. The molecule has 0 spiro atoms. The number of fused-ring (bicyclic) bond motifs is 1. The van der Waals surface area contributed by atoms with Crippen LogP contribution in [0.4, 0.5) is 14.9 Å². The summed E-state index contributed by atoms with van der Waals surface area (Å²) >= 11 is 0. The molecule has 1 aliphatic rings. The smallest absolute Gasteiger partial charge is 0.316 e. The van der Waals surface area contributed by atoms with Gasteiger partial charge in [0.15, 0.2) is 0 Å². The summed E-state index contributed by atoms with van der Waals surface area (Å²) in [6, 6.07) is 0.890. The van der Waals surface area contributed by atoms with E-state index in [0.717, 1.165) is 36.7 Å². The summed E-state index contributed by atoms with van der Waals surface area (Å²) in [6.45, 7) is 0. The summed E-state index contributed by atoms with van der Waals surface area (Å²) in [5.41, 5.74) is 8.55. The third-order valence-electron chi connectivity index (χ3n) is 3.42. The maximum atomic E-state index is 13.9. The third kappa shape index (κ3) is 2.09. The van der Waals surface area contributed by atoms with Gasteiger partial charge in [0.2, 0.25) is 0 Å². The van der Waals surface area contributed by atoms with Gasteiger partial charge in [-0.05, 0) is 30.9 Å². The maximum Gasteiger partial charge on any atom is 0.316 e. The van der Waals surface area contributed by atoms with Crippen LogP contribution in [0, 0.1) is 5.82 Å². The summed E-state index contributed by atoms with van der Waals surface area (Å²) in [7, 11) is 0. The standard InChI is InChI=1S/C14H13FN4O/c15-11-7-17-5-4-8(11)10-6-18-12-3-1-2-9(12)13(10)19-14(16)20/h4-7H,1-3H2,(H3,16,18,19,20). The van der Waals surface area contributed by atoms with E-state index in [1.54, 1.807) is 12.3 Å². The van der Waals surface area contributed by atoms with Gasteiger partial charge in [-0.15, -0.1) is 0 Å². The zero-order valence-corrected chi connectivity index (χ0v) is 10.7. The molecule has 0 saturated carbocycles. The molecule has 0 aromatic carbocycles. The van der Waals surface area contributed by atoms with E-state index >= 15 is 0 Å². The first-order valence-corrected chi connectivity index (χ1v) is 6.34. The molecule has 0 bridgehead atoms. The molecule has 102 valence electrons. The van der Waals surface area contributed by atoms with Crippen LogP contribution in [0.2, 0.25) is 0 Å². The van der Waals surface area contributed by atoms with Gasteiger partial charge < -0.3 is 11.1 Å². The fraction of sp³-hybridized carbons (Fsp3) is 0.214. The number of pyridine rings is 2. The van der Waals surface area contributed by atoms with Gasteiger partial charge in [-0.25, -0.2) is 9.18 Å². The molecule has 2 aromatic rings. The highest BCUT2D eigenvalue weighted by Gasteiger charge is 2.22. The lowest BCUT2D eigenvalue weighted by atomic mass is 10.0. The summed E-state index contributed by atoms with van der Waals surface area (Å²) in [5, 5.41) is 2.61. The maximum absolute atomic E-state index is 13.9. The second kappa shape index (κ2) is 4.88. The Morgan fingerprint density at radius 1 is 1.30 bits per heavy atom. The molecule has 0 saturated heterocycles. The molecule has 3 N–H and O–H groups in total. The van der Waals surface area contributed by atoms with E-state index in [-0.39, 0.29) is 0 Å². The zero-order chi connectivity index (χ0) is 14.1. The molecule has 2 amide bonds. The number of aromatic nitrogens is 2. The van der Waals surface area contributed by atoms with Gasteiger partial charge in [0.05, 0.1) is 11.9 Å². The Hall–Kier alpha value is -2.50. The van der Waals surface area contributed by atoms with Crippen LogP contribution >= 0.6 is 0 Å². The van der Waals surface area contributed by atoms with Crippen LogP contribution in [-0.4, -0.2) is 16.0 Å². The number of rotatable bonds is 2. The van der Waals surface area contributed by atoms with Crippen LogP contribution in [0.1, 0.15) is 17.7 Å². The number of anilines is 1. The molecule has 0 unspecified atom stereocenters. The highest BCUT2D eigenvalue weighted by Crippen LogP contribution is 2.36. The number of nitrogens with zero attached hydrogens (tertiary/aromatic N) is 2. The first kappa shape index (κ1) is 12.5. The lowest BCUT2D eigenvalue weighted by Crippen LogP contribution is -2.21. The number of hydrogen-bond acceptors (Lipinski definition) is 3. The number of amides is 2. The molecule has 1 aliphatic carbocycles. The zero-order valence-electron chi connectivity index (χ0n) is 10.7. The monoisotopic (exact) mass is 272 g/mol. The van der Waals surface area contributed by atoms with Gasteiger partial charge >= 0.3 is 6.03 Å². The molecule has 0 atom stereocenters. The Labute approximate surface area is 115 Å². The highest BCUT2D eigenvalue weighted by molar-refractivity contribution is 5.95. The van der Waals surface area contributed by atoms with E-state index in [9.17, 15) is 9.18 Å². The van der Waals surface area contributed by atoms with Crippen molar-refractivity contribution in [3.8, 4) is 11.1 Å². The minimum Gasteiger partial charge on any atom is -0.351 e. The minimum atomic E-state index is -0.666. The Morgan fingerprint density at radius 2 is 2.15 bits per heavy atom. The summed E-state index contributed by atoms with van der Waals surface area (Å²) in [4.78, 5) is 19.3. The van der Waals surface area contributed by atoms with Crippen molar-refractivity contribution in [3.05, 3.63) is 41.7 Å². The predicted molar refractivity (Wildman–Crippen MR) is 72.7 cm³/mol. The van der Waals surface area contributed by atoms with Gasteiger partial charge in [-0.3, -0.25) is 9.97 Å². The van der Waals surface area contributed by atoms with E-state index in [1.807, 2.05) is 0 Å². The predicted octanol–water partition coefficient (Wildman–Crippen LogP) is 2.26. The van der Waals surface area contributed by atoms with Crippen LogP contribution in [0.5, 0.6) is 0 Å². The van der Waals surface area contributed by atoms with Crippen LogP contribution in [0.15, 0.2) is 24.7 Å². The van der Waals surface area contributed by atoms with Crippen LogP contribution in [-0.2, 0) is 12.8 Å². The number of primary amides is 1. The molecule has 5 nitrogen and oxygen atoms in total. The molecular formula is C14H13FN4O. The molecule has 2 heterocycles. The largest absolute Gasteiger partial charge is 0.351 e. The first-order valence-electron chi connectivity index (χ1n) is 6.34. The Bertz CT molecular complexity index is 687. The van der Waals surface area contributed by atoms with Gasteiger partial charge in [0.25, 0.3) is 0 Å². The molecule has 2 aromatic heterocycles. The van der Waals surface area contributed by atoms with Crippen molar-refractivity contribution >= 4 is 11.7 Å². The van der Waals surface area contributed by atoms with E-state index < -0.39 is 11.8 Å². The number of nitrogens with two attached hydrogens (primary N) is 1. The van der Waals surface area contributed by atoms with Gasteiger partial charge in [0.1, 0.15) is 5.82 Å². The minimum absolute atomic E-state index is 0.353. The summed E-state index contributed by atoms with van der Waals surface area (Å²) in [6.07, 6.45) is 6.85. The van der Waals surface area contributed by atoms with Crippen molar-refractivity contribution in [2.45, 2.75) is 19.3 Å². The number of aryl methyl sites for hydroxylation is 1.